The lowest BCUT2D eigenvalue weighted by molar-refractivity contribution is -0.122. The van der Waals surface area contributed by atoms with Crippen molar-refractivity contribution in [2.24, 2.45) is 5.92 Å². The van der Waals surface area contributed by atoms with Crippen LogP contribution >= 0.6 is 11.6 Å². The Bertz CT molecular complexity index is 416. The summed E-state index contributed by atoms with van der Waals surface area (Å²) in [6.07, 6.45) is 1.80. The molecule has 1 aliphatic carbocycles. The van der Waals surface area contributed by atoms with E-state index < -0.39 is 0 Å². The van der Waals surface area contributed by atoms with E-state index in [2.05, 4.69) is 5.32 Å². The average molecular weight is 208 g/mol. The van der Waals surface area contributed by atoms with E-state index in [9.17, 15) is 4.79 Å². The van der Waals surface area contributed by atoms with E-state index in [-0.39, 0.29) is 17.9 Å². The second kappa shape index (κ2) is 2.74. The van der Waals surface area contributed by atoms with Crippen molar-refractivity contribution in [3.63, 3.8) is 0 Å². The average Bonchev–Trinajstić information content (AvgIpc) is 2.43. The van der Waals surface area contributed by atoms with Gasteiger partial charge in [0, 0.05) is 10.9 Å². The Morgan fingerprint density at radius 2 is 2.29 bits per heavy atom. The summed E-state index contributed by atoms with van der Waals surface area (Å²) in [4.78, 5) is 11.5. The zero-order valence-corrected chi connectivity index (χ0v) is 8.34. The maximum absolute atomic E-state index is 11.5. The van der Waals surface area contributed by atoms with Gasteiger partial charge in [0.2, 0.25) is 5.91 Å². The Labute approximate surface area is 87.3 Å². The summed E-state index contributed by atoms with van der Waals surface area (Å²) in [7, 11) is 0. The largest absolute Gasteiger partial charge is 0.349 e. The van der Waals surface area contributed by atoms with Crippen molar-refractivity contribution >= 4 is 17.5 Å². The van der Waals surface area contributed by atoms with Crippen LogP contribution < -0.4 is 5.32 Å². The highest BCUT2D eigenvalue weighted by atomic mass is 35.5. The Morgan fingerprint density at radius 3 is 3.14 bits per heavy atom. The van der Waals surface area contributed by atoms with Crippen LogP contribution in [-0.4, -0.2) is 5.91 Å². The second-order valence-corrected chi connectivity index (χ2v) is 4.48. The molecule has 1 saturated heterocycles. The first kappa shape index (κ1) is 8.30. The van der Waals surface area contributed by atoms with E-state index >= 15 is 0 Å². The highest BCUT2D eigenvalue weighted by Gasteiger charge is 2.38. The van der Waals surface area contributed by atoms with E-state index in [1.165, 1.54) is 11.1 Å². The van der Waals surface area contributed by atoms with Gasteiger partial charge in [-0.05, 0) is 36.1 Å². The molecule has 2 bridgehead atoms. The number of hydrogen-bond acceptors (Lipinski definition) is 1. The van der Waals surface area contributed by atoms with E-state index in [4.69, 9.17) is 11.6 Å². The number of benzene rings is 1. The van der Waals surface area contributed by atoms with Gasteiger partial charge in [-0.2, -0.15) is 0 Å². The molecule has 0 saturated carbocycles. The van der Waals surface area contributed by atoms with Crippen LogP contribution in [0.5, 0.6) is 0 Å². The lowest BCUT2D eigenvalue weighted by Crippen LogP contribution is -2.19. The van der Waals surface area contributed by atoms with Crippen LogP contribution in [0.2, 0.25) is 5.02 Å². The van der Waals surface area contributed by atoms with E-state index in [0.29, 0.717) is 0 Å². The Balaban J connectivity index is 2.11. The molecule has 1 aliphatic heterocycles. The predicted molar refractivity (Wildman–Crippen MR) is 54.1 cm³/mol. The second-order valence-electron chi connectivity index (χ2n) is 4.04. The lowest BCUT2D eigenvalue weighted by Gasteiger charge is -2.20. The fourth-order valence-corrected chi connectivity index (χ4v) is 2.67. The number of carbonyl (C=O) groups excluding carboxylic acids is 1. The molecule has 14 heavy (non-hydrogen) atoms. The van der Waals surface area contributed by atoms with Gasteiger partial charge in [0.15, 0.2) is 0 Å². The molecule has 1 amide bonds. The smallest absolute Gasteiger partial charge is 0.224 e. The fraction of sp³-hybridized carbons (Fsp3) is 0.364. The molecular weight excluding hydrogens is 198 g/mol. The molecule has 3 heteroatoms. The summed E-state index contributed by atoms with van der Waals surface area (Å²) in [5.74, 6) is 0.369. The molecule has 0 radical (unpaired) electrons. The Morgan fingerprint density at radius 1 is 1.43 bits per heavy atom. The van der Waals surface area contributed by atoms with Gasteiger partial charge in [0.1, 0.15) is 0 Å². The number of fused-ring (bicyclic) bond motifs is 4. The molecule has 72 valence electrons. The predicted octanol–water partition coefficient (Wildman–Crippen LogP) is 2.07. The number of hydrogen-bond donors (Lipinski definition) is 1. The quantitative estimate of drug-likeness (QED) is 0.694. The molecule has 2 unspecified atom stereocenters. The molecule has 2 atom stereocenters. The van der Waals surface area contributed by atoms with Gasteiger partial charge in [-0.25, -0.2) is 0 Å². The van der Waals surface area contributed by atoms with Crippen molar-refractivity contribution in [1.82, 2.24) is 5.32 Å². The van der Waals surface area contributed by atoms with Gasteiger partial charge in [0.05, 0.1) is 6.04 Å². The maximum atomic E-state index is 11.5. The first-order chi connectivity index (χ1) is 6.74. The van der Waals surface area contributed by atoms with Gasteiger partial charge < -0.3 is 5.32 Å². The molecule has 2 aliphatic rings. The van der Waals surface area contributed by atoms with Crippen molar-refractivity contribution in [2.75, 3.05) is 0 Å². The summed E-state index contributed by atoms with van der Waals surface area (Å²) in [6.45, 7) is 0. The topological polar surface area (TPSA) is 29.1 Å². The fourth-order valence-electron chi connectivity index (χ4n) is 2.48. The van der Waals surface area contributed by atoms with E-state index in [1.54, 1.807) is 0 Å². The van der Waals surface area contributed by atoms with Gasteiger partial charge >= 0.3 is 0 Å². The molecule has 1 heterocycles. The van der Waals surface area contributed by atoms with Crippen LogP contribution in [0.4, 0.5) is 0 Å². The zero-order valence-electron chi connectivity index (χ0n) is 7.59. The Kier molecular flexibility index (Phi) is 1.62. The minimum atomic E-state index is 0.172. The third kappa shape index (κ3) is 1.07. The minimum absolute atomic E-state index is 0.172. The normalized spacial score (nSPS) is 28.5. The van der Waals surface area contributed by atoms with Crippen molar-refractivity contribution in [3.05, 3.63) is 34.3 Å². The summed E-state index contributed by atoms with van der Waals surface area (Å²) >= 11 is 5.92. The van der Waals surface area contributed by atoms with Gasteiger partial charge in [-0.3, -0.25) is 4.79 Å². The molecule has 0 aromatic heterocycles. The van der Waals surface area contributed by atoms with Crippen molar-refractivity contribution < 1.29 is 4.79 Å². The van der Waals surface area contributed by atoms with Crippen LogP contribution in [0, 0.1) is 5.92 Å². The van der Waals surface area contributed by atoms with Crippen molar-refractivity contribution in [3.8, 4) is 0 Å². The molecule has 1 N–H and O–H groups in total. The zero-order chi connectivity index (χ0) is 9.71. The Hall–Kier alpha value is -1.02. The van der Waals surface area contributed by atoms with Gasteiger partial charge in [-0.15, -0.1) is 0 Å². The minimum Gasteiger partial charge on any atom is -0.349 e. The monoisotopic (exact) mass is 207 g/mol. The molecule has 1 aromatic carbocycles. The summed E-state index contributed by atoms with van der Waals surface area (Å²) in [5.41, 5.74) is 2.48. The number of rotatable bonds is 0. The van der Waals surface area contributed by atoms with Crippen molar-refractivity contribution in [1.29, 1.82) is 0 Å². The summed E-state index contributed by atoms with van der Waals surface area (Å²) in [5, 5.41) is 3.77. The van der Waals surface area contributed by atoms with E-state index in [0.717, 1.165) is 17.9 Å². The molecule has 1 aromatic rings. The van der Waals surface area contributed by atoms with Crippen LogP contribution in [0.1, 0.15) is 23.6 Å². The van der Waals surface area contributed by atoms with E-state index in [1.807, 2.05) is 18.2 Å². The first-order valence-electron chi connectivity index (χ1n) is 4.83. The summed E-state index contributed by atoms with van der Waals surface area (Å²) in [6, 6.07) is 6.14. The SMILES string of the molecule is O=C1NC2CC1Cc1cc(Cl)ccc12. The summed E-state index contributed by atoms with van der Waals surface area (Å²) < 4.78 is 0. The van der Waals surface area contributed by atoms with Crippen LogP contribution in [0.15, 0.2) is 18.2 Å². The third-order valence-electron chi connectivity index (χ3n) is 3.15. The van der Waals surface area contributed by atoms with Gasteiger partial charge in [-0.1, -0.05) is 17.7 Å². The van der Waals surface area contributed by atoms with Crippen LogP contribution in [0.25, 0.3) is 0 Å². The standard InChI is InChI=1S/C11H10ClNO/c12-8-1-2-9-6(4-8)3-7-5-10(9)13-11(7)14/h1-2,4,7,10H,3,5H2,(H,13,14). The number of amides is 1. The number of nitrogens with one attached hydrogen (secondary N) is 1. The van der Waals surface area contributed by atoms with Gasteiger partial charge in [0.25, 0.3) is 0 Å². The number of halogens is 1. The number of carbonyl (C=O) groups is 1. The van der Waals surface area contributed by atoms with Crippen molar-refractivity contribution in [2.45, 2.75) is 18.9 Å². The molecule has 2 nitrogen and oxygen atoms in total. The molecule has 1 fully saturated rings. The highest BCUT2D eigenvalue weighted by molar-refractivity contribution is 6.30. The van der Waals surface area contributed by atoms with Crippen LogP contribution in [-0.2, 0) is 11.2 Å². The highest BCUT2D eigenvalue weighted by Crippen LogP contribution is 2.38. The molecule has 0 spiro atoms. The molecular formula is C11H10ClNO. The molecule has 3 rings (SSSR count). The lowest BCUT2D eigenvalue weighted by atomic mass is 9.84. The van der Waals surface area contributed by atoms with Crippen LogP contribution in [0.3, 0.4) is 0 Å². The maximum Gasteiger partial charge on any atom is 0.224 e. The third-order valence-corrected chi connectivity index (χ3v) is 3.39. The first-order valence-corrected chi connectivity index (χ1v) is 5.20.